The molecule has 0 atom stereocenters. The number of rotatable bonds is 6. The van der Waals surface area contributed by atoms with E-state index in [2.05, 4.69) is 20.6 Å². The summed E-state index contributed by atoms with van der Waals surface area (Å²) in [5.41, 5.74) is 0.982. The lowest BCUT2D eigenvalue weighted by Crippen LogP contribution is -2.30. The van der Waals surface area contributed by atoms with Crippen LogP contribution in [0.3, 0.4) is 0 Å². The highest BCUT2D eigenvalue weighted by molar-refractivity contribution is 5.92. The molecule has 20 heavy (non-hydrogen) atoms. The number of anilines is 1. The maximum absolute atomic E-state index is 12.0. The van der Waals surface area contributed by atoms with Gasteiger partial charge in [0, 0.05) is 31.5 Å². The number of nitrogens with zero attached hydrogens (tertiary/aromatic N) is 2. The molecular weight excluding hydrogens is 256 g/mol. The van der Waals surface area contributed by atoms with Crippen molar-refractivity contribution in [2.75, 3.05) is 25.6 Å². The Morgan fingerprint density at radius 2 is 2.05 bits per heavy atom. The molecule has 0 aliphatic rings. The fraction of sp³-hybridized carbons (Fsp3) is 0.643. The second-order valence-corrected chi connectivity index (χ2v) is 5.70. The summed E-state index contributed by atoms with van der Waals surface area (Å²) in [5, 5.41) is 5.99. The summed E-state index contributed by atoms with van der Waals surface area (Å²) >= 11 is 0. The van der Waals surface area contributed by atoms with Crippen LogP contribution >= 0.6 is 0 Å². The average Bonchev–Trinajstić information content (AvgIpc) is 2.31. The number of methoxy groups -OCH3 is 1. The minimum atomic E-state index is -0.191. The quantitative estimate of drug-likeness (QED) is 0.777. The molecule has 0 saturated carbocycles. The zero-order chi connectivity index (χ0) is 15.2. The van der Waals surface area contributed by atoms with Gasteiger partial charge in [0.2, 0.25) is 5.95 Å². The van der Waals surface area contributed by atoms with Gasteiger partial charge in [0.25, 0.3) is 5.91 Å². The van der Waals surface area contributed by atoms with Gasteiger partial charge in [0.05, 0.1) is 0 Å². The first-order valence-electron chi connectivity index (χ1n) is 6.73. The third-order valence-corrected chi connectivity index (χ3v) is 2.38. The minimum Gasteiger partial charge on any atom is -0.385 e. The molecule has 0 unspecified atom stereocenters. The van der Waals surface area contributed by atoms with E-state index in [4.69, 9.17) is 4.74 Å². The molecule has 0 bridgehead atoms. The van der Waals surface area contributed by atoms with Crippen LogP contribution in [0.4, 0.5) is 5.95 Å². The molecule has 1 aromatic heterocycles. The minimum absolute atomic E-state index is 0.153. The predicted octanol–water partition coefficient (Wildman–Crippen LogP) is 1.76. The van der Waals surface area contributed by atoms with Crippen molar-refractivity contribution in [2.24, 2.45) is 0 Å². The van der Waals surface area contributed by atoms with Crippen molar-refractivity contribution >= 4 is 11.9 Å². The standard InChI is InChI=1S/C14H24N4O2/c1-10-9-11(12(19)15-7-6-8-20-5)17-13(16-10)18-14(2,3)4/h9H,6-8H2,1-5H3,(H,15,19)(H,16,17,18). The number of nitrogens with one attached hydrogen (secondary N) is 2. The fourth-order valence-electron chi connectivity index (χ4n) is 1.59. The fourth-order valence-corrected chi connectivity index (χ4v) is 1.59. The third-order valence-electron chi connectivity index (χ3n) is 2.38. The molecule has 6 nitrogen and oxygen atoms in total. The number of carbonyl (C=O) groups excluding carboxylic acids is 1. The molecule has 0 fully saturated rings. The maximum atomic E-state index is 12.0. The Hall–Kier alpha value is -1.69. The topological polar surface area (TPSA) is 76.1 Å². The number of carbonyl (C=O) groups is 1. The lowest BCUT2D eigenvalue weighted by atomic mass is 10.1. The van der Waals surface area contributed by atoms with Crippen LogP contribution < -0.4 is 10.6 Å². The molecule has 0 aromatic carbocycles. The van der Waals surface area contributed by atoms with Gasteiger partial charge in [-0.15, -0.1) is 0 Å². The first-order valence-corrected chi connectivity index (χ1v) is 6.73. The van der Waals surface area contributed by atoms with E-state index in [0.29, 0.717) is 24.8 Å². The van der Waals surface area contributed by atoms with Crippen molar-refractivity contribution in [3.8, 4) is 0 Å². The van der Waals surface area contributed by atoms with Crippen molar-refractivity contribution in [2.45, 2.75) is 39.7 Å². The maximum Gasteiger partial charge on any atom is 0.270 e. The van der Waals surface area contributed by atoms with Crippen molar-refractivity contribution in [3.05, 3.63) is 17.5 Å². The molecule has 1 rings (SSSR count). The Kier molecular flexibility index (Phi) is 5.88. The second kappa shape index (κ2) is 7.19. The van der Waals surface area contributed by atoms with Gasteiger partial charge in [0.1, 0.15) is 5.69 Å². The largest absolute Gasteiger partial charge is 0.385 e. The molecule has 0 aliphatic heterocycles. The summed E-state index contributed by atoms with van der Waals surface area (Å²) < 4.78 is 4.94. The van der Waals surface area contributed by atoms with Gasteiger partial charge in [0.15, 0.2) is 0 Å². The zero-order valence-corrected chi connectivity index (χ0v) is 12.9. The molecule has 0 radical (unpaired) electrons. The van der Waals surface area contributed by atoms with Gasteiger partial charge in [-0.3, -0.25) is 4.79 Å². The number of hydrogen-bond donors (Lipinski definition) is 2. The summed E-state index contributed by atoms with van der Waals surface area (Å²) in [6.45, 7) is 9.09. The van der Waals surface area contributed by atoms with E-state index in [1.54, 1.807) is 13.2 Å². The van der Waals surface area contributed by atoms with E-state index in [9.17, 15) is 4.79 Å². The summed E-state index contributed by atoms with van der Waals surface area (Å²) in [4.78, 5) is 20.5. The number of aromatic nitrogens is 2. The highest BCUT2D eigenvalue weighted by atomic mass is 16.5. The van der Waals surface area contributed by atoms with E-state index in [1.165, 1.54) is 0 Å². The van der Waals surface area contributed by atoms with E-state index in [1.807, 2.05) is 27.7 Å². The van der Waals surface area contributed by atoms with Gasteiger partial charge < -0.3 is 15.4 Å². The second-order valence-electron chi connectivity index (χ2n) is 5.70. The number of hydrogen-bond acceptors (Lipinski definition) is 5. The molecule has 112 valence electrons. The van der Waals surface area contributed by atoms with Crippen molar-refractivity contribution in [1.29, 1.82) is 0 Å². The molecule has 2 N–H and O–H groups in total. The summed E-state index contributed by atoms with van der Waals surface area (Å²) in [6, 6.07) is 1.68. The number of aryl methyl sites for hydroxylation is 1. The molecule has 1 amide bonds. The number of ether oxygens (including phenoxy) is 1. The first-order chi connectivity index (χ1) is 9.31. The smallest absolute Gasteiger partial charge is 0.270 e. The Morgan fingerprint density at radius 1 is 1.35 bits per heavy atom. The van der Waals surface area contributed by atoms with Crippen LogP contribution in [0.25, 0.3) is 0 Å². The highest BCUT2D eigenvalue weighted by Gasteiger charge is 2.14. The van der Waals surface area contributed by atoms with Crippen LogP contribution in [0.1, 0.15) is 43.4 Å². The van der Waals surface area contributed by atoms with Crippen molar-refractivity contribution < 1.29 is 9.53 Å². The summed E-state index contributed by atoms with van der Waals surface area (Å²) in [5.74, 6) is 0.281. The van der Waals surface area contributed by atoms with Crippen molar-refractivity contribution in [1.82, 2.24) is 15.3 Å². The lowest BCUT2D eigenvalue weighted by Gasteiger charge is -2.20. The zero-order valence-electron chi connectivity index (χ0n) is 12.9. The average molecular weight is 280 g/mol. The first kappa shape index (κ1) is 16.4. The molecule has 1 heterocycles. The Balaban J connectivity index is 2.72. The monoisotopic (exact) mass is 280 g/mol. The summed E-state index contributed by atoms with van der Waals surface area (Å²) in [6.07, 6.45) is 0.777. The van der Waals surface area contributed by atoms with Gasteiger partial charge in [-0.1, -0.05) is 0 Å². The normalized spacial score (nSPS) is 11.2. The van der Waals surface area contributed by atoms with Crippen LogP contribution in [0.5, 0.6) is 0 Å². The molecule has 1 aromatic rings. The van der Waals surface area contributed by atoms with E-state index < -0.39 is 0 Å². The summed E-state index contributed by atoms with van der Waals surface area (Å²) in [7, 11) is 1.64. The van der Waals surface area contributed by atoms with Gasteiger partial charge in [-0.05, 0) is 40.2 Å². The van der Waals surface area contributed by atoms with Crippen LogP contribution in [0.15, 0.2) is 6.07 Å². The lowest BCUT2D eigenvalue weighted by molar-refractivity contribution is 0.0943. The van der Waals surface area contributed by atoms with Crippen molar-refractivity contribution in [3.63, 3.8) is 0 Å². The van der Waals surface area contributed by atoms with Gasteiger partial charge in [-0.2, -0.15) is 0 Å². The Bertz CT molecular complexity index is 455. The number of amides is 1. The Morgan fingerprint density at radius 3 is 2.65 bits per heavy atom. The SMILES string of the molecule is COCCCNC(=O)c1cc(C)nc(NC(C)(C)C)n1. The Labute approximate surface area is 120 Å². The van der Waals surface area contributed by atoms with Gasteiger partial charge in [-0.25, -0.2) is 9.97 Å². The van der Waals surface area contributed by atoms with E-state index in [-0.39, 0.29) is 11.4 Å². The molecule has 0 spiro atoms. The van der Waals surface area contributed by atoms with E-state index in [0.717, 1.165) is 12.1 Å². The molecule has 0 aliphatic carbocycles. The molecule has 6 heteroatoms. The molecular formula is C14H24N4O2. The van der Waals surface area contributed by atoms with Gasteiger partial charge >= 0.3 is 0 Å². The molecule has 0 saturated heterocycles. The predicted molar refractivity (Wildman–Crippen MR) is 79.0 cm³/mol. The van der Waals surface area contributed by atoms with E-state index >= 15 is 0 Å². The highest BCUT2D eigenvalue weighted by Crippen LogP contribution is 2.11. The van der Waals surface area contributed by atoms with Crippen LogP contribution in [-0.4, -0.2) is 41.7 Å². The van der Waals surface area contributed by atoms with Crippen LogP contribution in [0.2, 0.25) is 0 Å². The van der Waals surface area contributed by atoms with Crippen LogP contribution in [-0.2, 0) is 4.74 Å². The van der Waals surface area contributed by atoms with Crippen LogP contribution in [0, 0.1) is 6.92 Å². The third kappa shape index (κ3) is 5.97.